The highest BCUT2D eigenvalue weighted by atomic mass is 15.1. The average Bonchev–Trinajstić information content (AvgIpc) is 4.34. The Balaban J connectivity index is 1.07. The smallest absolute Gasteiger partial charge is 0.111 e. The van der Waals surface area contributed by atoms with E-state index in [2.05, 4.69) is 289 Å². The number of rotatable bonds is 8. The quantitative estimate of drug-likeness (QED) is 0.152. The van der Waals surface area contributed by atoms with E-state index in [0.717, 1.165) is 112 Å². The third-order valence-electron chi connectivity index (χ3n) is 16.5. The van der Waals surface area contributed by atoms with Crippen molar-refractivity contribution in [1.29, 1.82) is 0 Å². The maximum Gasteiger partial charge on any atom is 0.111 e. The molecule has 1 aliphatic rings. The lowest BCUT2D eigenvalue weighted by Gasteiger charge is -2.51. The van der Waals surface area contributed by atoms with Crippen molar-refractivity contribution in [2.75, 3.05) is 0 Å². The average molecular weight is 1010 g/mol. The third kappa shape index (κ3) is 6.46. The molecule has 0 fully saturated rings. The molecule has 0 radical (unpaired) electrons. The van der Waals surface area contributed by atoms with Crippen LogP contribution in [0.2, 0.25) is 0 Å². The molecule has 0 atom stereocenters. The summed E-state index contributed by atoms with van der Waals surface area (Å²) < 4.78 is 9.20. The van der Waals surface area contributed by atoms with Crippen molar-refractivity contribution in [2.45, 2.75) is 38.5 Å². The molecule has 15 rings (SSSR count). The van der Waals surface area contributed by atoms with Gasteiger partial charge >= 0.3 is 0 Å². The molecule has 0 N–H and O–H groups in total. The first kappa shape index (κ1) is 45.5. The molecular formula is C70H52N8. The number of aromatic nitrogens is 8. The van der Waals surface area contributed by atoms with Crippen LogP contribution in [-0.2, 0) is 10.8 Å². The molecule has 4 aromatic heterocycles. The summed E-state index contributed by atoms with van der Waals surface area (Å²) in [5.74, 6) is 3.71. The molecule has 0 aliphatic heterocycles. The van der Waals surface area contributed by atoms with Crippen molar-refractivity contribution >= 4 is 44.1 Å². The van der Waals surface area contributed by atoms with Crippen molar-refractivity contribution in [2.24, 2.45) is 0 Å². The Hall–Kier alpha value is -9.92. The van der Waals surface area contributed by atoms with Gasteiger partial charge in [-0.1, -0.05) is 146 Å². The van der Waals surface area contributed by atoms with E-state index in [1.165, 1.54) is 22.3 Å². The lowest BCUT2D eigenvalue weighted by Crippen LogP contribution is -2.45. The minimum Gasteiger partial charge on any atom is -0.297 e. The fourth-order valence-corrected chi connectivity index (χ4v) is 13.5. The molecule has 1 aliphatic carbocycles. The fraction of sp³-hybridized carbons (Fsp3) is 0.0857. The number of imidazole rings is 4. The van der Waals surface area contributed by atoms with Gasteiger partial charge in [-0.2, -0.15) is 0 Å². The first-order valence-electron chi connectivity index (χ1n) is 26.7. The highest BCUT2D eigenvalue weighted by Crippen LogP contribution is 2.60. The van der Waals surface area contributed by atoms with Crippen molar-refractivity contribution in [3.63, 3.8) is 0 Å². The van der Waals surface area contributed by atoms with Crippen molar-refractivity contribution in [1.82, 2.24) is 38.2 Å². The van der Waals surface area contributed by atoms with E-state index in [-0.39, 0.29) is 0 Å². The SMILES string of the molecule is Cc1nc2ccccc2n1-c1cccc(C2(c3cccc(-n4c(C)nc5ccccc54)c3)c3ccccc3C(c3cccc(-n4c(C)nc5ccccc54)c3)(c3cccc(-n4c(C)nc5ccccc54)c3)c3ccccc32)c1. The topological polar surface area (TPSA) is 71.3 Å². The van der Waals surface area contributed by atoms with Gasteiger partial charge in [0.2, 0.25) is 0 Å². The van der Waals surface area contributed by atoms with Gasteiger partial charge in [-0.15, -0.1) is 0 Å². The molecule has 0 saturated carbocycles. The summed E-state index contributed by atoms with van der Waals surface area (Å²) in [7, 11) is 0. The van der Waals surface area contributed by atoms with E-state index < -0.39 is 10.8 Å². The summed E-state index contributed by atoms with van der Waals surface area (Å²) >= 11 is 0. The monoisotopic (exact) mass is 1000 g/mol. The Morgan fingerprint density at radius 3 is 0.705 bits per heavy atom. The summed E-state index contributed by atoms with van der Waals surface area (Å²) in [4.78, 5) is 20.3. The van der Waals surface area contributed by atoms with Gasteiger partial charge < -0.3 is 0 Å². The summed E-state index contributed by atoms with van der Waals surface area (Å²) in [5, 5.41) is 0. The molecule has 0 amide bonds. The Labute approximate surface area is 451 Å². The molecule has 14 aromatic rings. The van der Waals surface area contributed by atoms with Crippen LogP contribution in [0, 0.1) is 27.7 Å². The third-order valence-corrected chi connectivity index (χ3v) is 16.5. The van der Waals surface area contributed by atoms with Crippen molar-refractivity contribution in [3.05, 3.63) is 310 Å². The van der Waals surface area contributed by atoms with Crippen LogP contribution in [-0.4, -0.2) is 38.2 Å². The van der Waals surface area contributed by atoms with E-state index in [9.17, 15) is 0 Å². The second-order valence-electron chi connectivity index (χ2n) is 20.7. The normalized spacial score (nSPS) is 13.6. The molecule has 8 heteroatoms. The second kappa shape index (κ2) is 17.3. The summed E-state index contributed by atoms with van der Waals surface area (Å²) in [5.41, 5.74) is 19.8. The minimum atomic E-state index is -0.874. The van der Waals surface area contributed by atoms with Gasteiger partial charge in [0, 0.05) is 22.7 Å². The first-order chi connectivity index (χ1) is 38.3. The molecule has 372 valence electrons. The number of fused-ring (bicyclic) bond motifs is 6. The van der Waals surface area contributed by atoms with Crippen LogP contribution >= 0.6 is 0 Å². The zero-order valence-electron chi connectivity index (χ0n) is 43.7. The predicted molar refractivity (Wildman–Crippen MR) is 314 cm³/mol. The van der Waals surface area contributed by atoms with Crippen molar-refractivity contribution < 1.29 is 0 Å². The van der Waals surface area contributed by atoms with Gasteiger partial charge in [-0.25, -0.2) is 19.9 Å². The van der Waals surface area contributed by atoms with Crippen LogP contribution in [0.5, 0.6) is 0 Å². The number of benzene rings is 10. The van der Waals surface area contributed by atoms with Crippen LogP contribution < -0.4 is 0 Å². The Morgan fingerprint density at radius 1 is 0.244 bits per heavy atom. The van der Waals surface area contributed by atoms with E-state index in [1.54, 1.807) is 0 Å². The summed E-state index contributed by atoms with van der Waals surface area (Å²) in [6.07, 6.45) is 0. The standard InChI is InChI=1S/C70H52N8/c1-45-71-61-33-9-13-37-65(61)75(45)53-25-17-21-49(41-53)69(50-22-18-26-54(42-50)76-46(2)72-62-34-10-14-38-66(62)76)57-29-5-7-31-59(57)70(60-32-8-6-30-58(60)69,51-23-19-27-55(43-51)77-47(3)73-63-35-11-15-39-67(63)77)52-24-20-28-56(44-52)78-48(4)74-64-36-12-16-40-68(64)78/h5-44H,1-4H3. The highest BCUT2D eigenvalue weighted by Gasteiger charge is 2.54. The minimum absolute atomic E-state index is 0.874. The molecule has 0 bridgehead atoms. The number of hydrogen-bond acceptors (Lipinski definition) is 4. The Morgan fingerprint density at radius 2 is 0.462 bits per heavy atom. The van der Waals surface area contributed by atoms with Crippen LogP contribution in [0.15, 0.2) is 243 Å². The van der Waals surface area contributed by atoms with Gasteiger partial charge in [-0.3, -0.25) is 18.3 Å². The van der Waals surface area contributed by atoms with E-state index in [1.807, 2.05) is 0 Å². The summed E-state index contributed by atoms with van der Waals surface area (Å²) in [6.45, 7) is 8.42. The number of nitrogens with zero attached hydrogens (tertiary/aromatic N) is 8. The molecule has 0 spiro atoms. The number of hydrogen-bond donors (Lipinski definition) is 0. The van der Waals surface area contributed by atoms with E-state index in [4.69, 9.17) is 19.9 Å². The second-order valence-corrected chi connectivity index (χ2v) is 20.7. The van der Waals surface area contributed by atoms with E-state index >= 15 is 0 Å². The van der Waals surface area contributed by atoms with Gasteiger partial charge in [-0.05, 0) is 169 Å². The zero-order valence-corrected chi connectivity index (χ0v) is 43.7. The predicted octanol–water partition coefficient (Wildman–Crippen LogP) is 15.4. The van der Waals surface area contributed by atoms with Crippen molar-refractivity contribution in [3.8, 4) is 22.7 Å². The largest absolute Gasteiger partial charge is 0.297 e. The number of para-hydroxylation sites is 8. The van der Waals surface area contributed by atoms with Crippen LogP contribution in [0.4, 0.5) is 0 Å². The van der Waals surface area contributed by atoms with Gasteiger partial charge in [0.1, 0.15) is 23.3 Å². The Kier molecular flexibility index (Phi) is 10.1. The van der Waals surface area contributed by atoms with Gasteiger partial charge in [0.25, 0.3) is 0 Å². The maximum atomic E-state index is 5.08. The van der Waals surface area contributed by atoms with Crippen LogP contribution in [0.1, 0.15) is 67.8 Å². The zero-order chi connectivity index (χ0) is 52.3. The lowest BCUT2D eigenvalue weighted by atomic mass is 9.50. The maximum absolute atomic E-state index is 5.08. The first-order valence-corrected chi connectivity index (χ1v) is 26.7. The van der Waals surface area contributed by atoms with Gasteiger partial charge in [0.05, 0.1) is 55.0 Å². The van der Waals surface area contributed by atoms with E-state index in [0.29, 0.717) is 0 Å². The molecule has 0 saturated heterocycles. The molecule has 4 heterocycles. The molecule has 10 aromatic carbocycles. The van der Waals surface area contributed by atoms with Crippen LogP contribution in [0.25, 0.3) is 66.9 Å². The fourth-order valence-electron chi connectivity index (χ4n) is 13.5. The molecule has 78 heavy (non-hydrogen) atoms. The highest BCUT2D eigenvalue weighted by molar-refractivity contribution is 5.84. The summed E-state index contributed by atoms with van der Waals surface area (Å²) in [6, 6.07) is 89.0. The lowest BCUT2D eigenvalue weighted by molar-refractivity contribution is 0.614. The Bertz CT molecular complexity index is 4120. The number of aryl methyl sites for hydroxylation is 4. The van der Waals surface area contributed by atoms with Crippen LogP contribution in [0.3, 0.4) is 0 Å². The molecular weight excluding hydrogens is 953 g/mol. The van der Waals surface area contributed by atoms with Gasteiger partial charge in [0.15, 0.2) is 0 Å². The molecule has 8 nitrogen and oxygen atoms in total. The molecule has 0 unspecified atom stereocenters.